The topological polar surface area (TPSA) is 59.0 Å². The van der Waals surface area contributed by atoms with Crippen LogP contribution in [0, 0.1) is 0 Å². The molecular weight excluding hydrogens is 371 g/mol. The van der Waals surface area contributed by atoms with Crippen LogP contribution in [-0.2, 0) is 0 Å². The van der Waals surface area contributed by atoms with E-state index in [9.17, 15) is 4.79 Å². The summed E-state index contributed by atoms with van der Waals surface area (Å²) in [7, 11) is 0. The van der Waals surface area contributed by atoms with E-state index < -0.39 is 0 Å². The van der Waals surface area contributed by atoms with Gasteiger partial charge >= 0.3 is 0 Å². The first-order valence-electron chi connectivity index (χ1n) is 6.85. The summed E-state index contributed by atoms with van der Waals surface area (Å²) >= 11 is 17.9. The molecule has 0 unspecified atom stereocenters. The standard InChI is InChI=1S/C16H11Cl3N4O/c17-11-8-13(18)15(14(19)9-11)21-22-16(24)10-2-4-12(5-3-10)23-7-1-6-20-23/h1-9,21H,(H,22,24). The maximum atomic E-state index is 12.2. The van der Waals surface area contributed by atoms with Gasteiger partial charge in [-0.1, -0.05) is 34.8 Å². The van der Waals surface area contributed by atoms with Crippen molar-refractivity contribution in [3.05, 3.63) is 75.5 Å². The second-order valence-electron chi connectivity index (χ2n) is 4.82. The lowest BCUT2D eigenvalue weighted by Gasteiger charge is -2.12. The largest absolute Gasteiger partial charge is 0.295 e. The highest BCUT2D eigenvalue weighted by Gasteiger charge is 2.10. The minimum absolute atomic E-state index is 0.307. The molecule has 0 aliphatic rings. The van der Waals surface area contributed by atoms with E-state index >= 15 is 0 Å². The molecule has 0 bridgehead atoms. The third-order valence-corrected chi connectivity index (χ3v) is 4.02. The Labute approximate surface area is 153 Å². The Morgan fingerprint density at radius 1 is 1.04 bits per heavy atom. The van der Waals surface area contributed by atoms with Gasteiger partial charge in [-0.15, -0.1) is 0 Å². The van der Waals surface area contributed by atoms with Crippen LogP contribution in [0.1, 0.15) is 10.4 Å². The lowest BCUT2D eigenvalue weighted by Crippen LogP contribution is -2.29. The minimum atomic E-state index is -0.330. The Morgan fingerprint density at radius 2 is 1.71 bits per heavy atom. The fourth-order valence-corrected chi connectivity index (χ4v) is 2.95. The quantitative estimate of drug-likeness (QED) is 0.650. The molecule has 3 rings (SSSR count). The van der Waals surface area contributed by atoms with E-state index in [4.69, 9.17) is 34.8 Å². The van der Waals surface area contributed by atoms with Crippen LogP contribution in [0.15, 0.2) is 54.9 Å². The second kappa shape index (κ2) is 7.13. The summed E-state index contributed by atoms with van der Waals surface area (Å²) in [6, 6.07) is 11.9. The van der Waals surface area contributed by atoms with E-state index in [1.165, 1.54) is 12.1 Å². The Morgan fingerprint density at radius 3 is 2.29 bits per heavy atom. The van der Waals surface area contributed by atoms with Crippen molar-refractivity contribution >= 4 is 46.4 Å². The minimum Gasteiger partial charge on any atom is -0.295 e. The SMILES string of the molecule is O=C(NNc1c(Cl)cc(Cl)cc1Cl)c1ccc(-n2cccn2)cc1. The summed E-state index contributed by atoms with van der Waals surface area (Å²) < 4.78 is 1.70. The van der Waals surface area contributed by atoms with Gasteiger partial charge in [0.1, 0.15) is 0 Å². The number of amides is 1. The predicted octanol–water partition coefficient (Wildman–Crippen LogP) is 4.59. The van der Waals surface area contributed by atoms with Crippen LogP contribution < -0.4 is 10.9 Å². The second-order valence-corrected chi connectivity index (χ2v) is 6.07. The number of hydrogen-bond donors (Lipinski definition) is 2. The monoisotopic (exact) mass is 380 g/mol. The normalized spacial score (nSPS) is 10.5. The number of carbonyl (C=O) groups excluding carboxylic acids is 1. The van der Waals surface area contributed by atoms with E-state index in [0.29, 0.717) is 26.3 Å². The first-order valence-corrected chi connectivity index (χ1v) is 7.99. The van der Waals surface area contributed by atoms with Gasteiger partial charge in [-0.2, -0.15) is 5.10 Å². The molecule has 0 aliphatic heterocycles. The van der Waals surface area contributed by atoms with Gasteiger partial charge in [0.05, 0.1) is 21.4 Å². The number of nitrogens with zero attached hydrogens (tertiary/aromatic N) is 2. The van der Waals surface area contributed by atoms with Crippen molar-refractivity contribution in [2.75, 3.05) is 5.43 Å². The average molecular weight is 382 g/mol. The van der Waals surface area contributed by atoms with Gasteiger partial charge in [0.2, 0.25) is 0 Å². The highest BCUT2D eigenvalue weighted by molar-refractivity contribution is 6.41. The Kier molecular flexibility index (Phi) is 4.94. The predicted molar refractivity (Wildman–Crippen MR) is 96.1 cm³/mol. The molecule has 1 aromatic heterocycles. The van der Waals surface area contributed by atoms with Crippen molar-refractivity contribution in [2.45, 2.75) is 0 Å². The third-order valence-electron chi connectivity index (χ3n) is 3.21. The Balaban J connectivity index is 1.69. The maximum absolute atomic E-state index is 12.2. The molecule has 0 fully saturated rings. The van der Waals surface area contributed by atoms with Crippen molar-refractivity contribution in [3.63, 3.8) is 0 Å². The number of hydrogen-bond acceptors (Lipinski definition) is 3. The molecule has 2 N–H and O–H groups in total. The molecule has 3 aromatic rings. The van der Waals surface area contributed by atoms with Gasteiger partial charge in [-0.05, 0) is 42.5 Å². The van der Waals surface area contributed by atoms with Crippen LogP contribution in [0.5, 0.6) is 0 Å². The van der Waals surface area contributed by atoms with Gasteiger partial charge < -0.3 is 0 Å². The molecule has 5 nitrogen and oxygen atoms in total. The zero-order valence-electron chi connectivity index (χ0n) is 12.1. The van der Waals surface area contributed by atoms with Crippen LogP contribution in [-0.4, -0.2) is 15.7 Å². The fourth-order valence-electron chi connectivity index (χ4n) is 2.04. The number of nitrogens with one attached hydrogen (secondary N) is 2. The molecule has 0 atom stereocenters. The van der Waals surface area contributed by atoms with Gasteiger partial charge in [0.25, 0.3) is 5.91 Å². The molecule has 1 amide bonds. The van der Waals surface area contributed by atoms with Gasteiger partial charge in [0, 0.05) is 23.0 Å². The lowest BCUT2D eigenvalue weighted by molar-refractivity contribution is 0.0962. The molecule has 1 heterocycles. The highest BCUT2D eigenvalue weighted by atomic mass is 35.5. The van der Waals surface area contributed by atoms with Crippen LogP contribution in [0.3, 0.4) is 0 Å². The van der Waals surface area contributed by atoms with Crippen molar-refractivity contribution in [2.24, 2.45) is 0 Å². The summed E-state index contributed by atoms with van der Waals surface area (Å²) in [5.41, 5.74) is 6.96. The Hall–Kier alpha value is -2.21. The molecular formula is C16H11Cl3N4O. The van der Waals surface area contributed by atoms with Crippen molar-refractivity contribution in [1.82, 2.24) is 15.2 Å². The maximum Gasteiger partial charge on any atom is 0.269 e. The van der Waals surface area contributed by atoms with E-state index in [1.54, 1.807) is 35.1 Å². The molecule has 24 heavy (non-hydrogen) atoms. The molecule has 122 valence electrons. The zero-order chi connectivity index (χ0) is 17.1. The summed E-state index contributed by atoms with van der Waals surface area (Å²) in [4.78, 5) is 12.2. The lowest BCUT2D eigenvalue weighted by atomic mass is 10.2. The van der Waals surface area contributed by atoms with Crippen LogP contribution in [0.2, 0.25) is 15.1 Å². The fraction of sp³-hybridized carbons (Fsp3) is 0. The van der Waals surface area contributed by atoms with Crippen LogP contribution in [0.4, 0.5) is 5.69 Å². The van der Waals surface area contributed by atoms with E-state index in [-0.39, 0.29) is 5.91 Å². The number of hydrazine groups is 1. The van der Waals surface area contributed by atoms with Crippen LogP contribution in [0.25, 0.3) is 5.69 Å². The smallest absolute Gasteiger partial charge is 0.269 e. The summed E-state index contributed by atoms with van der Waals surface area (Å²) in [5, 5.41) is 5.15. The van der Waals surface area contributed by atoms with Crippen molar-refractivity contribution < 1.29 is 4.79 Å². The molecule has 0 aliphatic carbocycles. The first kappa shape index (κ1) is 16.6. The summed E-state index contributed by atoms with van der Waals surface area (Å²) in [6.45, 7) is 0. The highest BCUT2D eigenvalue weighted by Crippen LogP contribution is 2.33. The third kappa shape index (κ3) is 3.64. The number of carbonyl (C=O) groups is 1. The summed E-state index contributed by atoms with van der Waals surface area (Å²) in [5.74, 6) is -0.330. The molecule has 8 heteroatoms. The molecule has 2 aromatic carbocycles. The molecule has 0 spiro atoms. The average Bonchev–Trinajstić information content (AvgIpc) is 3.08. The van der Waals surface area contributed by atoms with Gasteiger partial charge in [-0.3, -0.25) is 15.6 Å². The number of aromatic nitrogens is 2. The number of benzene rings is 2. The molecule has 0 saturated carbocycles. The zero-order valence-corrected chi connectivity index (χ0v) is 14.4. The van der Waals surface area contributed by atoms with Gasteiger partial charge in [-0.25, -0.2) is 4.68 Å². The molecule has 0 radical (unpaired) electrons. The molecule has 0 saturated heterocycles. The first-order chi connectivity index (χ1) is 11.5. The van der Waals surface area contributed by atoms with Crippen molar-refractivity contribution in [1.29, 1.82) is 0 Å². The van der Waals surface area contributed by atoms with E-state index in [2.05, 4.69) is 16.0 Å². The van der Waals surface area contributed by atoms with Gasteiger partial charge in [0.15, 0.2) is 0 Å². The van der Waals surface area contributed by atoms with E-state index in [0.717, 1.165) is 5.69 Å². The van der Waals surface area contributed by atoms with Crippen LogP contribution >= 0.6 is 34.8 Å². The summed E-state index contributed by atoms with van der Waals surface area (Å²) in [6.07, 6.45) is 3.51. The van der Waals surface area contributed by atoms with E-state index in [1.807, 2.05) is 12.3 Å². The Bertz CT molecular complexity index is 841. The number of anilines is 1. The number of rotatable bonds is 4. The van der Waals surface area contributed by atoms with Crippen molar-refractivity contribution in [3.8, 4) is 5.69 Å². The number of halogens is 3.